The van der Waals surface area contributed by atoms with Crippen LogP contribution in [0.4, 0.5) is 11.4 Å². The average molecular weight is 298 g/mol. The number of amides is 1. The average Bonchev–Trinajstić information content (AvgIpc) is 2.49. The van der Waals surface area contributed by atoms with Gasteiger partial charge in [0.1, 0.15) is 0 Å². The van der Waals surface area contributed by atoms with E-state index in [9.17, 15) is 4.79 Å². The fourth-order valence-electron chi connectivity index (χ4n) is 1.86. The maximum atomic E-state index is 12.3. The number of carbonyl (C=O) groups is 1. The van der Waals surface area contributed by atoms with E-state index in [1.807, 2.05) is 37.3 Å². The predicted octanol–water partition coefficient (Wildman–Crippen LogP) is 4.11. The quantitative estimate of drug-likeness (QED) is 0.496. The van der Waals surface area contributed by atoms with Crippen LogP contribution in [-0.4, -0.2) is 11.7 Å². The minimum absolute atomic E-state index is 0.134. The number of nitrogens with two attached hydrogens (primary N) is 1. The Bertz CT molecular complexity index is 668. The molecule has 2 aromatic carbocycles. The van der Waals surface area contributed by atoms with Crippen LogP contribution in [0.1, 0.15) is 15.9 Å². The van der Waals surface area contributed by atoms with Crippen molar-refractivity contribution >= 4 is 29.0 Å². The summed E-state index contributed by atoms with van der Waals surface area (Å²) in [6.07, 6.45) is 1.84. The fourth-order valence-corrected chi connectivity index (χ4v) is 2.60. The van der Waals surface area contributed by atoms with Crippen molar-refractivity contribution in [2.75, 3.05) is 16.8 Å². The van der Waals surface area contributed by atoms with Crippen LogP contribution in [0.15, 0.2) is 60.0 Å². The molecule has 0 aliphatic rings. The number of aryl methyl sites for hydroxylation is 1. The zero-order valence-corrected chi connectivity index (χ0v) is 12.7. The Morgan fingerprint density at radius 1 is 1.33 bits per heavy atom. The molecule has 3 nitrogen and oxygen atoms in total. The van der Waals surface area contributed by atoms with Gasteiger partial charge in [0, 0.05) is 21.9 Å². The van der Waals surface area contributed by atoms with Gasteiger partial charge in [-0.3, -0.25) is 4.79 Å². The Morgan fingerprint density at radius 3 is 2.81 bits per heavy atom. The van der Waals surface area contributed by atoms with Gasteiger partial charge in [0.2, 0.25) is 0 Å². The summed E-state index contributed by atoms with van der Waals surface area (Å²) < 4.78 is 0. The van der Waals surface area contributed by atoms with Crippen LogP contribution in [-0.2, 0) is 0 Å². The summed E-state index contributed by atoms with van der Waals surface area (Å²) in [5.74, 6) is 0.665. The number of para-hydroxylation sites is 1. The molecule has 0 bridgehead atoms. The van der Waals surface area contributed by atoms with Crippen molar-refractivity contribution in [1.29, 1.82) is 0 Å². The standard InChI is InChI=1S/C17H18N2OS/c1-3-10-21-16-7-5-4-6-15(16)19-17(20)13-8-9-14(18)12(2)11-13/h3-9,11H,1,10,18H2,2H3,(H,19,20). The minimum Gasteiger partial charge on any atom is -0.399 e. The van der Waals surface area contributed by atoms with Crippen molar-refractivity contribution in [2.24, 2.45) is 0 Å². The van der Waals surface area contributed by atoms with Gasteiger partial charge in [-0.25, -0.2) is 0 Å². The van der Waals surface area contributed by atoms with Crippen molar-refractivity contribution in [3.8, 4) is 0 Å². The maximum absolute atomic E-state index is 12.3. The lowest BCUT2D eigenvalue weighted by Crippen LogP contribution is -2.13. The van der Waals surface area contributed by atoms with Gasteiger partial charge in [0.05, 0.1) is 5.69 Å². The zero-order valence-electron chi connectivity index (χ0n) is 11.9. The summed E-state index contributed by atoms with van der Waals surface area (Å²) in [6.45, 7) is 5.60. The first-order valence-corrected chi connectivity index (χ1v) is 7.60. The molecule has 0 atom stereocenters. The van der Waals surface area contributed by atoms with Gasteiger partial charge in [-0.15, -0.1) is 18.3 Å². The molecule has 0 spiro atoms. The van der Waals surface area contributed by atoms with Crippen LogP contribution in [0, 0.1) is 6.92 Å². The summed E-state index contributed by atoms with van der Waals surface area (Å²) in [5.41, 5.74) is 8.78. The van der Waals surface area contributed by atoms with E-state index in [-0.39, 0.29) is 5.91 Å². The van der Waals surface area contributed by atoms with Crippen molar-refractivity contribution in [1.82, 2.24) is 0 Å². The number of carbonyl (C=O) groups excluding carboxylic acids is 1. The number of hydrogen-bond donors (Lipinski definition) is 2. The maximum Gasteiger partial charge on any atom is 0.255 e. The number of hydrogen-bond acceptors (Lipinski definition) is 3. The zero-order chi connectivity index (χ0) is 15.2. The van der Waals surface area contributed by atoms with E-state index in [4.69, 9.17) is 5.73 Å². The van der Waals surface area contributed by atoms with E-state index in [2.05, 4.69) is 11.9 Å². The molecule has 0 aromatic heterocycles. The normalized spacial score (nSPS) is 10.1. The third kappa shape index (κ3) is 3.89. The van der Waals surface area contributed by atoms with Gasteiger partial charge in [0.25, 0.3) is 5.91 Å². The van der Waals surface area contributed by atoms with Crippen LogP contribution in [0.3, 0.4) is 0 Å². The van der Waals surface area contributed by atoms with Crippen LogP contribution < -0.4 is 11.1 Å². The molecule has 0 saturated carbocycles. The van der Waals surface area contributed by atoms with Crippen molar-refractivity contribution < 1.29 is 4.79 Å². The molecular weight excluding hydrogens is 280 g/mol. The van der Waals surface area contributed by atoms with E-state index in [1.54, 1.807) is 30.0 Å². The lowest BCUT2D eigenvalue weighted by molar-refractivity contribution is 0.102. The second-order valence-corrected chi connectivity index (χ2v) is 5.68. The third-order valence-corrected chi connectivity index (χ3v) is 4.09. The first-order chi connectivity index (χ1) is 10.1. The van der Waals surface area contributed by atoms with E-state index in [1.165, 1.54) is 0 Å². The molecule has 4 heteroatoms. The summed E-state index contributed by atoms with van der Waals surface area (Å²) in [6, 6.07) is 13.0. The molecule has 2 aromatic rings. The highest BCUT2D eigenvalue weighted by molar-refractivity contribution is 7.99. The number of benzene rings is 2. The van der Waals surface area contributed by atoms with Crippen molar-refractivity contribution in [3.05, 3.63) is 66.2 Å². The Kier molecular flexibility index (Phi) is 5.06. The van der Waals surface area contributed by atoms with Gasteiger partial charge in [0.15, 0.2) is 0 Å². The second kappa shape index (κ2) is 6.99. The van der Waals surface area contributed by atoms with Gasteiger partial charge in [-0.1, -0.05) is 18.2 Å². The fraction of sp³-hybridized carbons (Fsp3) is 0.118. The number of anilines is 2. The number of thioether (sulfide) groups is 1. The molecular formula is C17H18N2OS. The van der Waals surface area contributed by atoms with Crippen LogP contribution in [0.5, 0.6) is 0 Å². The first-order valence-electron chi connectivity index (χ1n) is 6.62. The van der Waals surface area contributed by atoms with Crippen molar-refractivity contribution in [2.45, 2.75) is 11.8 Å². The smallest absolute Gasteiger partial charge is 0.255 e. The SMILES string of the molecule is C=CCSc1ccccc1NC(=O)c1ccc(N)c(C)c1. The lowest BCUT2D eigenvalue weighted by Gasteiger charge is -2.11. The summed E-state index contributed by atoms with van der Waals surface area (Å²) >= 11 is 1.64. The number of nitrogens with one attached hydrogen (secondary N) is 1. The van der Waals surface area contributed by atoms with E-state index >= 15 is 0 Å². The molecule has 108 valence electrons. The predicted molar refractivity (Wildman–Crippen MR) is 90.9 cm³/mol. The second-order valence-electron chi connectivity index (χ2n) is 4.62. The molecule has 0 heterocycles. The Hall–Kier alpha value is -2.20. The third-order valence-electron chi connectivity index (χ3n) is 3.02. The molecule has 21 heavy (non-hydrogen) atoms. The van der Waals surface area contributed by atoms with Gasteiger partial charge < -0.3 is 11.1 Å². The molecule has 0 saturated heterocycles. The minimum atomic E-state index is -0.134. The molecule has 1 amide bonds. The number of nitrogen functional groups attached to an aromatic ring is 1. The van der Waals surface area contributed by atoms with Gasteiger partial charge >= 0.3 is 0 Å². The topological polar surface area (TPSA) is 55.1 Å². The van der Waals surface area contributed by atoms with E-state index in [0.29, 0.717) is 11.3 Å². The molecule has 0 unspecified atom stereocenters. The van der Waals surface area contributed by atoms with Gasteiger partial charge in [-0.05, 0) is 42.8 Å². The Morgan fingerprint density at radius 2 is 2.10 bits per heavy atom. The molecule has 2 rings (SSSR count). The van der Waals surface area contributed by atoms with E-state index < -0.39 is 0 Å². The van der Waals surface area contributed by atoms with Gasteiger partial charge in [-0.2, -0.15) is 0 Å². The molecule has 0 radical (unpaired) electrons. The highest BCUT2D eigenvalue weighted by atomic mass is 32.2. The summed E-state index contributed by atoms with van der Waals surface area (Å²) in [5, 5.41) is 2.95. The highest BCUT2D eigenvalue weighted by Gasteiger charge is 2.10. The summed E-state index contributed by atoms with van der Waals surface area (Å²) in [7, 11) is 0. The van der Waals surface area contributed by atoms with Crippen molar-refractivity contribution in [3.63, 3.8) is 0 Å². The highest BCUT2D eigenvalue weighted by Crippen LogP contribution is 2.27. The monoisotopic (exact) mass is 298 g/mol. The molecule has 3 N–H and O–H groups in total. The largest absolute Gasteiger partial charge is 0.399 e. The van der Waals surface area contributed by atoms with Crippen LogP contribution >= 0.6 is 11.8 Å². The molecule has 0 aliphatic heterocycles. The van der Waals surface area contributed by atoms with Crippen LogP contribution in [0.25, 0.3) is 0 Å². The summed E-state index contributed by atoms with van der Waals surface area (Å²) in [4.78, 5) is 13.3. The lowest BCUT2D eigenvalue weighted by atomic mass is 10.1. The first kappa shape index (κ1) is 15.2. The Labute approximate surface area is 129 Å². The number of rotatable bonds is 5. The van der Waals surface area contributed by atoms with E-state index in [0.717, 1.165) is 21.9 Å². The Balaban J connectivity index is 2.19. The molecule has 0 aliphatic carbocycles. The van der Waals surface area contributed by atoms with Crippen LogP contribution in [0.2, 0.25) is 0 Å². The molecule has 0 fully saturated rings.